The first kappa shape index (κ1) is 22.2. The molecule has 11 heteroatoms. The van der Waals surface area contributed by atoms with E-state index in [1.165, 1.54) is 38.3 Å². The number of benzene rings is 2. The minimum Gasteiger partial charge on any atom is -0.495 e. The predicted molar refractivity (Wildman–Crippen MR) is 109 cm³/mol. The van der Waals surface area contributed by atoms with Crippen molar-refractivity contribution in [2.45, 2.75) is 18.2 Å². The van der Waals surface area contributed by atoms with Gasteiger partial charge < -0.3 is 4.74 Å². The fourth-order valence-corrected chi connectivity index (χ4v) is 6.22. The molecule has 2 aromatic rings. The first-order valence-corrected chi connectivity index (χ1v) is 12.1. The molecule has 2 aromatic carbocycles. The summed E-state index contributed by atoms with van der Waals surface area (Å²) < 4.78 is 72.1. The normalized spacial score (nSPS) is 18.6. The van der Waals surface area contributed by atoms with Crippen molar-refractivity contribution in [3.63, 3.8) is 0 Å². The summed E-state index contributed by atoms with van der Waals surface area (Å²) >= 11 is 0. The van der Waals surface area contributed by atoms with Gasteiger partial charge in [-0.2, -0.15) is 0 Å². The highest BCUT2D eigenvalue weighted by molar-refractivity contribution is 7.94. The van der Waals surface area contributed by atoms with E-state index in [1.54, 1.807) is 12.1 Å². The van der Waals surface area contributed by atoms with Crippen molar-refractivity contribution in [1.29, 1.82) is 0 Å². The number of nitrogens with one attached hydrogen (secondary N) is 1. The van der Waals surface area contributed by atoms with Crippen LogP contribution in [0.15, 0.2) is 47.4 Å². The summed E-state index contributed by atoms with van der Waals surface area (Å²) in [6, 6.07) is 9.69. The summed E-state index contributed by atoms with van der Waals surface area (Å²) in [5, 5.41) is 0. The minimum absolute atomic E-state index is 0.0192. The molecule has 1 fully saturated rings. The van der Waals surface area contributed by atoms with Crippen molar-refractivity contribution in [1.82, 2.24) is 4.72 Å². The van der Waals surface area contributed by atoms with Crippen LogP contribution in [0.4, 0.5) is 10.1 Å². The number of amides is 1. The first-order valence-electron chi connectivity index (χ1n) is 9.05. The van der Waals surface area contributed by atoms with Crippen LogP contribution in [0, 0.1) is 11.7 Å². The van der Waals surface area contributed by atoms with Crippen LogP contribution in [0.5, 0.6) is 5.75 Å². The molecule has 1 aliphatic rings. The van der Waals surface area contributed by atoms with Crippen molar-refractivity contribution in [3.05, 3.63) is 53.8 Å². The number of sulfonamides is 2. The molecule has 8 nitrogen and oxygen atoms in total. The van der Waals surface area contributed by atoms with E-state index in [1.807, 2.05) is 0 Å². The van der Waals surface area contributed by atoms with Gasteiger partial charge in [-0.25, -0.2) is 30.3 Å². The van der Waals surface area contributed by atoms with Gasteiger partial charge in [0.1, 0.15) is 16.5 Å². The van der Waals surface area contributed by atoms with E-state index in [0.29, 0.717) is 9.87 Å². The van der Waals surface area contributed by atoms with Gasteiger partial charge in [-0.1, -0.05) is 25.1 Å². The molecule has 3 rings (SSSR count). The molecule has 30 heavy (non-hydrogen) atoms. The lowest BCUT2D eigenvalue weighted by Crippen LogP contribution is -2.31. The van der Waals surface area contributed by atoms with Crippen LogP contribution in [-0.2, 0) is 31.3 Å². The Bertz CT molecular complexity index is 1180. The Morgan fingerprint density at radius 1 is 1.23 bits per heavy atom. The number of rotatable bonds is 7. The fraction of sp³-hybridized carbons (Fsp3) is 0.316. The number of carbonyl (C=O) groups is 1. The maximum atomic E-state index is 13.7. The van der Waals surface area contributed by atoms with E-state index in [9.17, 15) is 26.0 Å². The van der Waals surface area contributed by atoms with Crippen LogP contribution in [0.2, 0.25) is 0 Å². The molecule has 1 heterocycles. The molecule has 0 aromatic heterocycles. The van der Waals surface area contributed by atoms with Gasteiger partial charge in [0, 0.05) is 6.54 Å². The van der Waals surface area contributed by atoms with Gasteiger partial charge in [0.25, 0.3) is 0 Å². The van der Waals surface area contributed by atoms with Crippen LogP contribution in [0.25, 0.3) is 0 Å². The summed E-state index contributed by atoms with van der Waals surface area (Å²) in [4.78, 5) is 12.0. The lowest BCUT2D eigenvalue weighted by atomic mass is 10.1. The van der Waals surface area contributed by atoms with Gasteiger partial charge in [-0.3, -0.25) is 4.79 Å². The quantitative estimate of drug-likeness (QED) is 0.679. The molecule has 1 amide bonds. The minimum atomic E-state index is -4.14. The van der Waals surface area contributed by atoms with Gasteiger partial charge in [0.05, 0.1) is 24.5 Å². The Balaban J connectivity index is 1.89. The largest absolute Gasteiger partial charge is 0.495 e. The third-order valence-electron chi connectivity index (χ3n) is 4.68. The van der Waals surface area contributed by atoms with Gasteiger partial charge in [-0.05, 0) is 36.2 Å². The molecule has 0 saturated carbocycles. The number of hydrogen-bond donors (Lipinski definition) is 1. The highest BCUT2D eigenvalue weighted by Crippen LogP contribution is 2.33. The predicted octanol–water partition coefficient (Wildman–Crippen LogP) is 1.67. The fourth-order valence-electron chi connectivity index (χ4n) is 3.19. The van der Waals surface area contributed by atoms with Crippen LogP contribution < -0.4 is 13.8 Å². The topological polar surface area (TPSA) is 110 Å². The summed E-state index contributed by atoms with van der Waals surface area (Å²) in [6.07, 6.45) is 0.115. The van der Waals surface area contributed by atoms with Crippen molar-refractivity contribution >= 4 is 31.6 Å². The van der Waals surface area contributed by atoms with E-state index < -0.39 is 37.7 Å². The second kappa shape index (κ2) is 8.32. The zero-order valence-corrected chi connectivity index (χ0v) is 18.0. The average Bonchev–Trinajstić information content (AvgIpc) is 2.89. The Morgan fingerprint density at radius 3 is 2.53 bits per heavy atom. The standard InChI is InChI=1S/C19H21FN2O6S2/c1-13-12-29(24,25)22(19(13)23)15-7-8-17(28-2)18(11-15)30(26,27)21-10-9-14-5-3-4-6-16(14)20/h3-8,11,13,21H,9-10,12H2,1-2H3/t13-/m0/s1. The van der Waals surface area contributed by atoms with Crippen molar-refractivity contribution < 1.29 is 30.8 Å². The third-order valence-corrected chi connectivity index (χ3v) is 8.03. The van der Waals surface area contributed by atoms with Gasteiger partial charge in [0.2, 0.25) is 26.0 Å². The van der Waals surface area contributed by atoms with Crippen LogP contribution in [0.3, 0.4) is 0 Å². The number of carbonyl (C=O) groups excluding carboxylic acids is 1. The second-order valence-electron chi connectivity index (χ2n) is 6.86. The first-order chi connectivity index (χ1) is 14.1. The number of ether oxygens (including phenoxy) is 1. The molecule has 0 aliphatic carbocycles. The molecule has 1 aliphatic heterocycles. The van der Waals surface area contributed by atoms with E-state index in [4.69, 9.17) is 4.74 Å². The summed E-state index contributed by atoms with van der Waals surface area (Å²) in [6.45, 7) is 1.40. The number of halogens is 1. The molecular weight excluding hydrogens is 435 g/mol. The van der Waals surface area contributed by atoms with E-state index >= 15 is 0 Å². The Morgan fingerprint density at radius 2 is 1.93 bits per heavy atom. The number of nitrogens with zero attached hydrogens (tertiary/aromatic N) is 1. The molecule has 1 saturated heterocycles. The van der Waals surface area contributed by atoms with Crippen molar-refractivity contribution in [3.8, 4) is 5.75 Å². The molecule has 0 bridgehead atoms. The molecule has 162 valence electrons. The Labute approximate surface area is 174 Å². The highest BCUT2D eigenvalue weighted by Gasteiger charge is 2.42. The molecule has 0 spiro atoms. The molecule has 0 radical (unpaired) electrons. The third kappa shape index (κ3) is 4.32. The summed E-state index contributed by atoms with van der Waals surface area (Å²) in [7, 11) is -6.76. The van der Waals surface area contributed by atoms with Gasteiger partial charge in [0.15, 0.2) is 0 Å². The van der Waals surface area contributed by atoms with Crippen LogP contribution >= 0.6 is 0 Å². The number of methoxy groups -OCH3 is 1. The Hall–Kier alpha value is -2.50. The van der Waals surface area contributed by atoms with Gasteiger partial charge >= 0.3 is 0 Å². The zero-order chi connectivity index (χ0) is 22.1. The zero-order valence-electron chi connectivity index (χ0n) is 16.3. The van der Waals surface area contributed by atoms with Crippen molar-refractivity contribution in [2.75, 3.05) is 23.7 Å². The SMILES string of the molecule is COc1ccc(N2C(=O)[C@@H](C)CS2(=O)=O)cc1S(=O)(=O)NCCc1ccccc1F. The Kier molecular flexibility index (Phi) is 6.16. The highest BCUT2D eigenvalue weighted by atomic mass is 32.2. The van der Waals surface area contributed by atoms with Gasteiger partial charge in [-0.15, -0.1) is 0 Å². The smallest absolute Gasteiger partial charge is 0.244 e. The molecule has 1 N–H and O–H groups in total. The van der Waals surface area contributed by atoms with Crippen LogP contribution in [0.1, 0.15) is 12.5 Å². The van der Waals surface area contributed by atoms with Crippen molar-refractivity contribution in [2.24, 2.45) is 5.92 Å². The van der Waals surface area contributed by atoms with Crippen LogP contribution in [-0.4, -0.2) is 42.2 Å². The lowest BCUT2D eigenvalue weighted by Gasteiger charge is -2.18. The number of hydrogen-bond acceptors (Lipinski definition) is 6. The molecule has 0 unspecified atom stereocenters. The summed E-state index contributed by atoms with van der Waals surface area (Å²) in [5.74, 6) is -2.16. The maximum absolute atomic E-state index is 13.7. The maximum Gasteiger partial charge on any atom is 0.244 e. The average molecular weight is 457 g/mol. The van der Waals surface area contributed by atoms with E-state index in [-0.39, 0.29) is 35.1 Å². The van der Waals surface area contributed by atoms with E-state index in [0.717, 1.165) is 6.07 Å². The van der Waals surface area contributed by atoms with E-state index in [2.05, 4.69) is 4.72 Å². The molecular formula is C19H21FN2O6S2. The molecule has 1 atom stereocenters. The lowest BCUT2D eigenvalue weighted by molar-refractivity contribution is -0.119. The summed E-state index contributed by atoms with van der Waals surface area (Å²) in [5.41, 5.74) is 0.267. The second-order valence-corrected chi connectivity index (χ2v) is 10.5. The number of anilines is 1. The monoisotopic (exact) mass is 456 g/mol.